The minimum Gasteiger partial charge on any atom is -0.256 e. The predicted octanol–water partition coefficient (Wildman–Crippen LogP) is 3.94. The Morgan fingerprint density at radius 2 is 2.04 bits per heavy atom. The summed E-state index contributed by atoms with van der Waals surface area (Å²) in [5, 5.41) is 4.33. The highest BCUT2D eigenvalue weighted by atomic mass is 35.5. The fourth-order valence-corrected chi connectivity index (χ4v) is 4.08. The number of hydrogen-bond acceptors (Lipinski definition) is 4. The van der Waals surface area contributed by atoms with Gasteiger partial charge in [0.25, 0.3) is 0 Å². The molecule has 0 unspecified atom stereocenters. The zero-order chi connectivity index (χ0) is 16.3. The number of sulfonamides is 1. The van der Waals surface area contributed by atoms with Crippen molar-refractivity contribution in [2.24, 2.45) is 0 Å². The fraction of sp³-hybridized carbons (Fsp3) is 0.0625. The van der Waals surface area contributed by atoms with Crippen LogP contribution in [0.4, 0.5) is 0 Å². The molecule has 1 N–H and O–H groups in total. The molecule has 0 radical (unpaired) electrons. The SMILES string of the molecule is O=S(=O)(NCc1cccnc1-c1ccsc1)c1cccc(Cl)c1. The lowest BCUT2D eigenvalue weighted by Gasteiger charge is -2.10. The maximum Gasteiger partial charge on any atom is 0.240 e. The third-order valence-corrected chi connectivity index (χ3v) is 5.56. The number of pyridine rings is 1. The fourth-order valence-electron chi connectivity index (χ4n) is 2.13. The van der Waals surface area contributed by atoms with Crippen LogP contribution in [0, 0.1) is 0 Å². The number of aromatic nitrogens is 1. The van der Waals surface area contributed by atoms with E-state index in [4.69, 9.17) is 11.6 Å². The Balaban J connectivity index is 1.84. The van der Waals surface area contributed by atoms with Crippen molar-refractivity contribution in [3.05, 3.63) is 70.0 Å². The van der Waals surface area contributed by atoms with Crippen LogP contribution in [-0.4, -0.2) is 13.4 Å². The van der Waals surface area contributed by atoms with Crippen LogP contribution in [0.3, 0.4) is 0 Å². The molecule has 0 atom stereocenters. The Kier molecular flexibility index (Phi) is 4.77. The molecule has 0 amide bonds. The molecule has 0 aliphatic heterocycles. The zero-order valence-electron chi connectivity index (χ0n) is 11.9. The van der Waals surface area contributed by atoms with E-state index in [1.165, 1.54) is 12.1 Å². The molecule has 0 aliphatic carbocycles. The quantitative estimate of drug-likeness (QED) is 0.745. The van der Waals surface area contributed by atoms with Gasteiger partial charge in [0.15, 0.2) is 0 Å². The van der Waals surface area contributed by atoms with Gasteiger partial charge in [0.1, 0.15) is 0 Å². The van der Waals surface area contributed by atoms with E-state index < -0.39 is 10.0 Å². The second-order valence-corrected chi connectivity index (χ2v) is 7.79. The van der Waals surface area contributed by atoms with Gasteiger partial charge in [-0.2, -0.15) is 11.3 Å². The predicted molar refractivity (Wildman–Crippen MR) is 93.0 cm³/mol. The average molecular weight is 365 g/mol. The van der Waals surface area contributed by atoms with Crippen LogP contribution in [0.5, 0.6) is 0 Å². The van der Waals surface area contributed by atoms with Crippen LogP contribution in [0.15, 0.2) is 64.3 Å². The van der Waals surface area contributed by atoms with E-state index in [9.17, 15) is 8.42 Å². The van der Waals surface area contributed by atoms with Gasteiger partial charge in [-0.1, -0.05) is 23.7 Å². The minimum atomic E-state index is -3.63. The summed E-state index contributed by atoms with van der Waals surface area (Å²) in [6.07, 6.45) is 1.70. The first kappa shape index (κ1) is 16.1. The van der Waals surface area contributed by atoms with Gasteiger partial charge in [0.2, 0.25) is 10.0 Å². The lowest BCUT2D eigenvalue weighted by atomic mass is 10.1. The van der Waals surface area contributed by atoms with Crippen molar-refractivity contribution in [1.29, 1.82) is 0 Å². The third-order valence-electron chi connectivity index (χ3n) is 3.24. The summed E-state index contributed by atoms with van der Waals surface area (Å²) in [4.78, 5) is 4.50. The molecule has 0 fully saturated rings. The summed E-state index contributed by atoms with van der Waals surface area (Å²) in [5.74, 6) is 0. The van der Waals surface area contributed by atoms with Crippen molar-refractivity contribution in [1.82, 2.24) is 9.71 Å². The van der Waals surface area contributed by atoms with E-state index in [0.717, 1.165) is 16.8 Å². The molecule has 0 aliphatic rings. The van der Waals surface area contributed by atoms with E-state index in [1.54, 1.807) is 35.7 Å². The largest absolute Gasteiger partial charge is 0.256 e. The van der Waals surface area contributed by atoms with E-state index >= 15 is 0 Å². The summed E-state index contributed by atoms with van der Waals surface area (Å²) in [6.45, 7) is 0.161. The smallest absolute Gasteiger partial charge is 0.240 e. The second-order valence-electron chi connectivity index (χ2n) is 4.81. The molecule has 2 aromatic heterocycles. The topological polar surface area (TPSA) is 59.1 Å². The number of hydrogen-bond donors (Lipinski definition) is 1. The van der Waals surface area contributed by atoms with Crippen LogP contribution < -0.4 is 4.72 Å². The average Bonchev–Trinajstić information content (AvgIpc) is 3.08. The van der Waals surface area contributed by atoms with E-state index in [-0.39, 0.29) is 11.4 Å². The molecule has 4 nitrogen and oxygen atoms in total. The summed E-state index contributed by atoms with van der Waals surface area (Å²) in [6, 6.07) is 11.8. The molecular formula is C16H13ClN2O2S2. The summed E-state index contributed by atoms with van der Waals surface area (Å²) in [7, 11) is -3.63. The van der Waals surface area contributed by atoms with E-state index in [0.29, 0.717) is 5.02 Å². The molecular weight excluding hydrogens is 352 g/mol. The lowest BCUT2D eigenvalue weighted by molar-refractivity contribution is 0.581. The summed E-state index contributed by atoms with van der Waals surface area (Å²) in [5.41, 5.74) is 2.58. The van der Waals surface area contributed by atoms with Crippen LogP contribution in [0.2, 0.25) is 5.02 Å². The second kappa shape index (κ2) is 6.80. The Morgan fingerprint density at radius 1 is 1.17 bits per heavy atom. The van der Waals surface area contributed by atoms with Gasteiger partial charge in [0.05, 0.1) is 10.6 Å². The van der Waals surface area contributed by atoms with Gasteiger partial charge in [0, 0.05) is 28.7 Å². The van der Waals surface area contributed by atoms with Gasteiger partial charge in [-0.3, -0.25) is 4.98 Å². The first-order valence-corrected chi connectivity index (χ1v) is 9.58. The van der Waals surface area contributed by atoms with E-state index in [1.807, 2.05) is 22.9 Å². The number of rotatable bonds is 5. The maximum absolute atomic E-state index is 12.4. The molecule has 3 aromatic rings. The first-order valence-electron chi connectivity index (χ1n) is 6.78. The van der Waals surface area contributed by atoms with Crippen LogP contribution >= 0.6 is 22.9 Å². The number of halogens is 1. The first-order chi connectivity index (χ1) is 11.1. The molecule has 2 heterocycles. The number of nitrogens with one attached hydrogen (secondary N) is 1. The van der Waals surface area contributed by atoms with Gasteiger partial charge >= 0.3 is 0 Å². The van der Waals surface area contributed by atoms with E-state index in [2.05, 4.69) is 9.71 Å². The lowest BCUT2D eigenvalue weighted by Crippen LogP contribution is -2.23. The standard InChI is InChI=1S/C16H13ClN2O2S2/c17-14-4-1-5-15(9-14)23(20,21)19-10-12-3-2-7-18-16(12)13-6-8-22-11-13/h1-9,11,19H,10H2. The van der Waals surface area contributed by atoms with Gasteiger partial charge in [-0.05, 0) is 41.3 Å². The van der Waals surface area contributed by atoms with Crippen molar-refractivity contribution < 1.29 is 8.42 Å². The highest BCUT2D eigenvalue weighted by molar-refractivity contribution is 7.89. The van der Waals surface area contributed by atoms with Crippen LogP contribution in [0.1, 0.15) is 5.56 Å². The molecule has 0 bridgehead atoms. The Bertz CT molecular complexity index is 909. The molecule has 0 saturated carbocycles. The van der Waals surface area contributed by atoms with Gasteiger partial charge < -0.3 is 0 Å². The van der Waals surface area contributed by atoms with Crippen molar-refractivity contribution in [3.63, 3.8) is 0 Å². The molecule has 1 aromatic carbocycles. The van der Waals surface area contributed by atoms with Crippen LogP contribution in [0.25, 0.3) is 11.3 Å². The summed E-state index contributed by atoms with van der Waals surface area (Å²) >= 11 is 7.43. The normalized spacial score (nSPS) is 11.5. The van der Waals surface area contributed by atoms with Crippen LogP contribution in [-0.2, 0) is 16.6 Å². The van der Waals surface area contributed by atoms with Gasteiger partial charge in [-0.25, -0.2) is 13.1 Å². The third kappa shape index (κ3) is 3.79. The number of benzene rings is 1. The molecule has 0 spiro atoms. The molecule has 7 heteroatoms. The monoisotopic (exact) mass is 364 g/mol. The molecule has 23 heavy (non-hydrogen) atoms. The van der Waals surface area contributed by atoms with Gasteiger partial charge in [-0.15, -0.1) is 0 Å². The van der Waals surface area contributed by atoms with Crippen molar-refractivity contribution in [3.8, 4) is 11.3 Å². The summed E-state index contributed by atoms with van der Waals surface area (Å²) < 4.78 is 27.3. The highest BCUT2D eigenvalue weighted by Gasteiger charge is 2.15. The highest BCUT2D eigenvalue weighted by Crippen LogP contribution is 2.24. The molecule has 0 saturated heterocycles. The number of thiophene rings is 1. The van der Waals surface area contributed by atoms with Crippen molar-refractivity contribution >= 4 is 33.0 Å². The molecule has 3 rings (SSSR count). The Labute approximate surface area is 143 Å². The Morgan fingerprint density at radius 3 is 2.78 bits per heavy atom. The van der Waals surface area contributed by atoms with Crippen molar-refractivity contribution in [2.45, 2.75) is 11.4 Å². The Hall–Kier alpha value is -1.73. The van der Waals surface area contributed by atoms with Crippen molar-refractivity contribution in [2.75, 3.05) is 0 Å². The molecule has 118 valence electrons. The zero-order valence-corrected chi connectivity index (χ0v) is 14.3. The minimum absolute atomic E-state index is 0.144. The number of nitrogens with zero attached hydrogens (tertiary/aromatic N) is 1. The maximum atomic E-state index is 12.4.